The minimum absolute atomic E-state index is 0.0260. The lowest BCUT2D eigenvalue weighted by atomic mass is 10.2. The first kappa shape index (κ1) is 10.4. The molecule has 0 saturated heterocycles. The Morgan fingerprint density at radius 2 is 2.46 bits per heavy atom. The van der Waals surface area contributed by atoms with Crippen molar-refractivity contribution >= 4 is 34.0 Å². The number of amides is 1. The van der Waals surface area contributed by atoms with Crippen molar-refractivity contribution in [2.75, 3.05) is 11.2 Å². The van der Waals surface area contributed by atoms with E-state index in [1.807, 2.05) is 0 Å². The van der Waals surface area contributed by atoms with Gasteiger partial charge in [-0.15, -0.1) is 21.8 Å². The first-order valence-electron chi connectivity index (χ1n) is 3.95. The molecule has 0 spiro atoms. The van der Waals surface area contributed by atoms with E-state index in [0.29, 0.717) is 17.4 Å². The molecule has 0 aromatic carbocycles. The molecule has 13 heavy (non-hydrogen) atoms. The predicted molar refractivity (Wildman–Crippen MR) is 53.1 cm³/mol. The molecule has 0 aliphatic carbocycles. The van der Waals surface area contributed by atoms with E-state index in [2.05, 4.69) is 15.5 Å². The summed E-state index contributed by atoms with van der Waals surface area (Å²) in [6, 6.07) is 0. The van der Waals surface area contributed by atoms with Crippen molar-refractivity contribution in [2.24, 2.45) is 0 Å². The van der Waals surface area contributed by atoms with Gasteiger partial charge in [0.25, 0.3) is 0 Å². The van der Waals surface area contributed by atoms with Gasteiger partial charge in [0.15, 0.2) is 0 Å². The topological polar surface area (TPSA) is 54.9 Å². The molecular formula is C7H10ClN3OS. The second-order valence-electron chi connectivity index (χ2n) is 2.44. The number of hydrogen-bond donors (Lipinski definition) is 1. The number of alkyl halides is 1. The largest absolute Gasteiger partial charge is 0.301 e. The summed E-state index contributed by atoms with van der Waals surface area (Å²) in [6.45, 7) is 0. The Hall–Kier alpha value is -0.680. The van der Waals surface area contributed by atoms with E-state index in [4.69, 9.17) is 11.6 Å². The van der Waals surface area contributed by atoms with E-state index in [1.54, 1.807) is 5.51 Å². The molecule has 0 unspecified atom stereocenters. The van der Waals surface area contributed by atoms with Crippen LogP contribution in [0.25, 0.3) is 0 Å². The van der Waals surface area contributed by atoms with E-state index < -0.39 is 0 Å². The van der Waals surface area contributed by atoms with E-state index in [9.17, 15) is 4.79 Å². The highest BCUT2D eigenvalue weighted by Gasteiger charge is 2.03. The van der Waals surface area contributed by atoms with Crippen LogP contribution >= 0.6 is 22.9 Å². The van der Waals surface area contributed by atoms with Gasteiger partial charge in [-0.1, -0.05) is 11.3 Å². The van der Waals surface area contributed by atoms with Gasteiger partial charge in [0, 0.05) is 12.3 Å². The highest BCUT2D eigenvalue weighted by atomic mass is 35.5. The number of carbonyl (C=O) groups excluding carboxylic acids is 1. The molecule has 4 nitrogen and oxygen atoms in total. The van der Waals surface area contributed by atoms with Crippen LogP contribution in [0, 0.1) is 0 Å². The third-order valence-corrected chi connectivity index (χ3v) is 2.27. The average molecular weight is 220 g/mol. The van der Waals surface area contributed by atoms with E-state index >= 15 is 0 Å². The van der Waals surface area contributed by atoms with Gasteiger partial charge < -0.3 is 5.32 Å². The van der Waals surface area contributed by atoms with Crippen molar-refractivity contribution in [3.63, 3.8) is 0 Å². The van der Waals surface area contributed by atoms with Gasteiger partial charge in [-0.05, 0) is 12.8 Å². The predicted octanol–water partition coefficient (Wildman–Crippen LogP) is 1.89. The SMILES string of the molecule is O=C(CCCCCl)Nc1nncs1. The van der Waals surface area contributed by atoms with Gasteiger partial charge in [-0.3, -0.25) is 4.79 Å². The molecule has 1 N–H and O–H groups in total. The molecule has 0 fully saturated rings. The molecule has 0 aliphatic rings. The monoisotopic (exact) mass is 219 g/mol. The summed E-state index contributed by atoms with van der Waals surface area (Å²) in [7, 11) is 0. The first-order chi connectivity index (χ1) is 6.33. The molecule has 1 rings (SSSR count). The zero-order chi connectivity index (χ0) is 9.52. The van der Waals surface area contributed by atoms with Crippen molar-refractivity contribution in [3.05, 3.63) is 5.51 Å². The number of anilines is 1. The Morgan fingerprint density at radius 3 is 3.08 bits per heavy atom. The van der Waals surface area contributed by atoms with Crippen LogP contribution in [0.5, 0.6) is 0 Å². The fourth-order valence-electron chi connectivity index (χ4n) is 0.789. The Labute approximate surface area is 85.3 Å². The Kier molecular flexibility index (Phi) is 4.70. The first-order valence-corrected chi connectivity index (χ1v) is 5.36. The molecule has 72 valence electrons. The standard InChI is InChI=1S/C7H10ClN3OS/c8-4-2-1-3-6(12)10-7-11-9-5-13-7/h5H,1-4H2,(H,10,11,12). The Balaban J connectivity index is 2.18. The smallest absolute Gasteiger partial charge is 0.226 e. The van der Waals surface area contributed by atoms with Gasteiger partial charge >= 0.3 is 0 Å². The third-order valence-electron chi connectivity index (χ3n) is 1.39. The van der Waals surface area contributed by atoms with Crippen LogP contribution in [-0.4, -0.2) is 22.0 Å². The zero-order valence-electron chi connectivity index (χ0n) is 6.99. The van der Waals surface area contributed by atoms with Crippen LogP contribution in [-0.2, 0) is 4.79 Å². The molecule has 6 heteroatoms. The van der Waals surface area contributed by atoms with Crippen molar-refractivity contribution in [1.82, 2.24) is 10.2 Å². The number of rotatable bonds is 5. The van der Waals surface area contributed by atoms with E-state index in [0.717, 1.165) is 12.8 Å². The quantitative estimate of drug-likeness (QED) is 0.608. The van der Waals surface area contributed by atoms with Gasteiger partial charge in [0.05, 0.1) is 0 Å². The third kappa shape index (κ3) is 4.19. The molecule has 0 atom stereocenters. The minimum atomic E-state index is -0.0260. The van der Waals surface area contributed by atoms with Crippen LogP contribution < -0.4 is 5.32 Å². The number of carbonyl (C=O) groups is 1. The van der Waals surface area contributed by atoms with Gasteiger partial charge in [-0.2, -0.15) is 0 Å². The van der Waals surface area contributed by atoms with E-state index in [-0.39, 0.29) is 5.91 Å². The minimum Gasteiger partial charge on any atom is -0.301 e. The number of unbranched alkanes of at least 4 members (excludes halogenated alkanes) is 1. The van der Waals surface area contributed by atoms with Crippen molar-refractivity contribution in [2.45, 2.75) is 19.3 Å². The number of halogens is 1. The van der Waals surface area contributed by atoms with Crippen molar-refractivity contribution in [3.8, 4) is 0 Å². The number of aromatic nitrogens is 2. The summed E-state index contributed by atoms with van der Waals surface area (Å²) in [6.07, 6.45) is 2.17. The van der Waals surface area contributed by atoms with Gasteiger partial charge in [0.2, 0.25) is 11.0 Å². The lowest BCUT2D eigenvalue weighted by Gasteiger charge is -1.98. The van der Waals surface area contributed by atoms with Crippen LogP contribution in [0.3, 0.4) is 0 Å². The van der Waals surface area contributed by atoms with E-state index in [1.165, 1.54) is 11.3 Å². The average Bonchev–Trinajstić information content (AvgIpc) is 2.57. The number of nitrogens with one attached hydrogen (secondary N) is 1. The maximum Gasteiger partial charge on any atom is 0.226 e. The molecule has 1 heterocycles. The van der Waals surface area contributed by atoms with Crippen molar-refractivity contribution < 1.29 is 4.79 Å². The second-order valence-corrected chi connectivity index (χ2v) is 3.65. The van der Waals surface area contributed by atoms with Crippen LogP contribution in [0.1, 0.15) is 19.3 Å². The molecule has 0 aliphatic heterocycles. The maximum atomic E-state index is 11.2. The summed E-state index contributed by atoms with van der Waals surface area (Å²) >= 11 is 6.79. The molecule has 0 bridgehead atoms. The summed E-state index contributed by atoms with van der Waals surface area (Å²) in [5.41, 5.74) is 1.58. The van der Waals surface area contributed by atoms with Crippen molar-refractivity contribution in [1.29, 1.82) is 0 Å². The molecular weight excluding hydrogens is 210 g/mol. The Bertz CT molecular complexity index is 252. The summed E-state index contributed by atoms with van der Waals surface area (Å²) in [5.74, 6) is 0.577. The lowest BCUT2D eigenvalue weighted by Crippen LogP contribution is -2.10. The summed E-state index contributed by atoms with van der Waals surface area (Å²) in [4.78, 5) is 11.2. The van der Waals surface area contributed by atoms with Gasteiger partial charge in [0.1, 0.15) is 5.51 Å². The molecule has 1 amide bonds. The molecule has 0 radical (unpaired) electrons. The normalized spacial score (nSPS) is 9.92. The molecule has 0 saturated carbocycles. The van der Waals surface area contributed by atoms with Gasteiger partial charge in [-0.25, -0.2) is 0 Å². The molecule has 1 aromatic heterocycles. The van der Waals surface area contributed by atoms with Crippen LogP contribution in [0.2, 0.25) is 0 Å². The maximum absolute atomic E-state index is 11.2. The zero-order valence-corrected chi connectivity index (χ0v) is 8.57. The van der Waals surface area contributed by atoms with Crippen LogP contribution in [0.15, 0.2) is 5.51 Å². The summed E-state index contributed by atoms with van der Waals surface area (Å²) in [5, 5.41) is 10.5. The van der Waals surface area contributed by atoms with Crippen LogP contribution in [0.4, 0.5) is 5.13 Å². The second kappa shape index (κ2) is 5.88. The lowest BCUT2D eigenvalue weighted by molar-refractivity contribution is -0.116. The highest BCUT2D eigenvalue weighted by molar-refractivity contribution is 7.13. The molecule has 1 aromatic rings. The fourth-order valence-corrected chi connectivity index (χ4v) is 1.44. The fraction of sp³-hybridized carbons (Fsp3) is 0.571. The Morgan fingerprint density at radius 1 is 1.62 bits per heavy atom. The number of hydrogen-bond acceptors (Lipinski definition) is 4. The highest BCUT2D eigenvalue weighted by Crippen LogP contribution is 2.09. The summed E-state index contributed by atoms with van der Waals surface area (Å²) < 4.78 is 0. The number of nitrogens with zero attached hydrogens (tertiary/aromatic N) is 2.